The van der Waals surface area contributed by atoms with Crippen molar-refractivity contribution >= 4 is 36.9 Å². The van der Waals surface area contributed by atoms with Crippen LogP contribution in [0.3, 0.4) is 0 Å². The van der Waals surface area contributed by atoms with Gasteiger partial charge in [0, 0.05) is 31.6 Å². The first-order chi connectivity index (χ1) is 16.7. The molecule has 0 bridgehead atoms. The topological polar surface area (TPSA) is 106 Å². The number of nitrogens with zero attached hydrogens (tertiary/aromatic N) is 3. The van der Waals surface area contributed by atoms with Crippen LogP contribution in [-0.2, 0) is 20.0 Å². The molecule has 0 atom stereocenters. The average Bonchev–Trinajstić information content (AvgIpc) is 3.54. The lowest BCUT2D eigenvalue weighted by Crippen LogP contribution is -2.27. The third-order valence-electron chi connectivity index (χ3n) is 6.17. The van der Waals surface area contributed by atoms with Gasteiger partial charge in [-0.3, -0.25) is 4.79 Å². The molecule has 8 nitrogen and oxygen atoms in total. The molecule has 4 aromatic rings. The first-order valence-electron chi connectivity index (χ1n) is 11.1. The third kappa shape index (κ3) is 3.97. The van der Waals surface area contributed by atoms with Gasteiger partial charge in [-0.2, -0.15) is 4.31 Å². The smallest absolute Gasteiger partial charge is 0.270 e. The normalized spacial score (nSPS) is 15.0. The molecule has 1 saturated heterocycles. The van der Waals surface area contributed by atoms with Gasteiger partial charge in [0.25, 0.3) is 10.0 Å². The van der Waals surface area contributed by atoms with Crippen LogP contribution in [0.4, 0.5) is 0 Å². The fourth-order valence-electron chi connectivity index (χ4n) is 4.40. The van der Waals surface area contributed by atoms with Crippen LogP contribution in [0.2, 0.25) is 0 Å². The van der Waals surface area contributed by atoms with Crippen molar-refractivity contribution in [2.24, 2.45) is 0 Å². The molecular formula is C25H23N3O5S2. The predicted octanol–water partition coefficient (Wildman–Crippen LogP) is 3.93. The minimum Gasteiger partial charge on any atom is -0.293 e. The van der Waals surface area contributed by atoms with E-state index in [1.807, 2.05) is 0 Å². The quantitative estimate of drug-likeness (QED) is 0.365. The lowest BCUT2D eigenvalue weighted by molar-refractivity contribution is 0.101. The zero-order chi connectivity index (χ0) is 24.8. The Kier molecular flexibility index (Phi) is 5.82. The highest BCUT2D eigenvalue weighted by atomic mass is 32.2. The van der Waals surface area contributed by atoms with Crippen molar-refractivity contribution in [3.63, 3.8) is 0 Å². The van der Waals surface area contributed by atoms with Gasteiger partial charge in [-0.05, 0) is 60.4 Å². The molecule has 1 aliphatic heterocycles. The number of sulfonamides is 1. The summed E-state index contributed by atoms with van der Waals surface area (Å²) in [4.78, 5) is 17.0. The number of hydrogen-bond acceptors (Lipinski definition) is 6. The highest BCUT2D eigenvalue weighted by molar-refractivity contribution is 7.90. The van der Waals surface area contributed by atoms with E-state index in [-0.39, 0.29) is 21.1 Å². The molecular weight excluding hydrogens is 486 g/mol. The summed E-state index contributed by atoms with van der Waals surface area (Å²) in [5, 5.41) is 0.479. The summed E-state index contributed by atoms with van der Waals surface area (Å²) in [6, 6.07) is 17.6. The molecule has 0 radical (unpaired) electrons. The second-order valence-corrected chi connectivity index (χ2v) is 12.1. The molecule has 0 amide bonds. The lowest BCUT2D eigenvalue weighted by Gasteiger charge is -2.15. The van der Waals surface area contributed by atoms with Gasteiger partial charge in [-0.1, -0.05) is 30.3 Å². The second-order valence-electron chi connectivity index (χ2n) is 8.40. The molecule has 180 valence electrons. The SMILES string of the molecule is CC(=O)c1cc2c(-c3ccc(S(=O)(=O)N4CCCC4)cc3)ccnc2n1S(=O)(=O)c1ccccc1. The number of hydrogen-bond donors (Lipinski definition) is 0. The van der Waals surface area contributed by atoms with Gasteiger partial charge < -0.3 is 0 Å². The van der Waals surface area contributed by atoms with Gasteiger partial charge in [0.05, 0.1) is 9.79 Å². The van der Waals surface area contributed by atoms with Crippen LogP contribution >= 0.6 is 0 Å². The predicted molar refractivity (Wildman–Crippen MR) is 132 cm³/mol. The Morgan fingerprint density at radius 3 is 2.09 bits per heavy atom. The molecule has 5 rings (SSSR count). The van der Waals surface area contributed by atoms with Crippen LogP contribution < -0.4 is 0 Å². The maximum Gasteiger partial charge on any atom is 0.270 e. The molecule has 1 fully saturated rings. The van der Waals surface area contributed by atoms with E-state index < -0.39 is 25.8 Å². The van der Waals surface area contributed by atoms with Crippen molar-refractivity contribution in [1.82, 2.24) is 13.3 Å². The number of carbonyl (C=O) groups excluding carboxylic acids is 1. The number of pyridine rings is 1. The number of rotatable bonds is 6. The molecule has 35 heavy (non-hydrogen) atoms. The third-order valence-corrected chi connectivity index (χ3v) is 9.80. The van der Waals surface area contributed by atoms with Crippen molar-refractivity contribution in [2.45, 2.75) is 29.6 Å². The van der Waals surface area contributed by atoms with E-state index in [1.54, 1.807) is 48.5 Å². The molecule has 0 spiro atoms. The fourth-order valence-corrected chi connectivity index (χ4v) is 7.44. The van der Waals surface area contributed by atoms with Gasteiger partial charge in [0.1, 0.15) is 5.69 Å². The molecule has 0 unspecified atom stereocenters. The summed E-state index contributed by atoms with van der Waals surface area (Å²) in [6.45, 7) is 2.35. The fraction of sp³-hybridized carbons (Fsp3) is 0.200. The van der Waals surface area contributed by atoms with E-state index in [0.29, 0.717) is 29.6 Å². The summed E-state index contributed by atoms with van der Waals surface area (Å²) in [5.41, 5.74) is 1.45. The molecule has 0 aliphatic carbocycles. The molecule has 0 saturated carbocycles. The number of Topliss-reactive ketones (excluding diaryl/α,β-unsaturated/α-hetero) is 1. The molecule has 0 N–H and O–H groups in total. The van der Waals surface area contributed by atoms with Crippen LogP contribution in [0.1, 0.15) is 30.3 Å². The standard InChI is InChI=1S/C25H23N3O5S2/c1-18(29)24-17-23-22(19-9-11-21(12-10-19)34(30,31)27-15-5-6-16-27)13-14-26-25(23)28(24)35(32,33)20-7-3-2-4-8-20/h2-4,7-14,17H,5-6,15-16H2,1H3. The Bertz CT molecular complexity index is 1640. The van der Waals surface area contributed by atoms with Crippen LogP contribution in [0.25, 0.3) is 22.2 Å². The number of ketones is 1. The highest BCUT2D eigenvalue weighted by Gasteiger charge is 2.28. The van der Waals surface area contributed by atoms with Gasteiger partial charge in [0.15, 0.2) is 11.4 Å². The Hall–Kier alpha value is -3.34. The number of aromatic nitrogens is 2. The maximum atomic E-state index is 13.5. The number of fused-ring (bicyclic) bond motifs is 1. The van der Waals surface area contributed by atoms with E-state index in [0.717, 1.165) is 16.8 Å². The van der Waals surface area contributed by atoms with Gasteiger partial charge in [-0.15, -0.1) is 0 Å². The summed E-state index contributed by atoms with van der Waals surface area (Å²) >= 11 is 0. The number of benzene rings is 2. The van der Waals surface area contributed by atoms with Crippen molar-refractivity contribution in [3.8, 4) is 11.1 Å². The first kappa shape index (κ1) is 23.4. The lowest BCUT2D eigenvalue weighted by atomic mass is 10.0. The minimum absolute atomic E-state index is 0.00275. The molecule has 2 aromatic carbocycles. The van der Waals surface area contributed by atoms with Crippen molar-refractivity contribution in [2.75, 3.05) is 13.1 Å². The van der Waals surface area contributed by atoms with Crippen LogP contribution in [0, 0.1) is 0 Å². The zero-order valence-electron chi connectivity index (χ0n) is 19.0. The molecule has 10 heteroatoms. The van der Waals surface area contributed by atoms with E-state index in [4.69, 9.17) is 0 Å². The summed E-state index contributed by atoms with van der Waals surface area (Å²) in [6.07, 6.45) is 3.19. The Labute approximate surface area is 203 Å². The monoisotopic (exact) mass is 509 g/mol. The van der Waals surface area contributed by atoms with Crippen molar-refractivity contribution < 1.29 is 21.6 Å². The summed E-state index contributed by atoms with van der Waals surface area (Å²) < 4.78 is 55.1. The molecule has 1 aliphatic rings. The second kappa shape index (κ2) is 8.71. The van der Waals surface area contributed by atoms with E-state index in [2.05, 4.69) is 4.98 Å². The average molecular weight is 510 g/mol. The molecule has 3 heterocycles. The highest BCUT2D eigenvalue weighted by Crippen LogP contribution is 2.33. The number of carbonyl (C=O) groups is 1. The Morgan fingerprint density at radius 1 is 0.829 bits per heavy atom. The van der Waals surface area contributed by atoms with Gasteiger partial charge >= 0.3 is 0 Å². The largest absolute Gasteiger partial charge is 0.293 e. The van der Waals surface area contributed by atoms with E-state index in [1.165, 1.54) is 35.6 Å². The van der Waals surface area contributed by atoms with E-state index >= 15 is 0 Å². The molecule has 2 aromatic heterocycles. The van der Waals surface area contributed by atoms with Gasteiger partial charge in [-0.25, -0.2) is 25.8 Å². The maximum absolute atomic E-state index is 13.5. The zero-order valence-corrected chi connectivity index (χ0v) is 20.6. The van der Waals surface area contributed by atoms with E-state index in [9.17, 15) is 21.6 Å². The minimum atomic E-state index is -4.08. The Balaban J connectivity index is 1.64. The van der Waals surface area contributed by atoms with Crippen LogP contribution in [-0.4, -0.2) is 49.0 Å². The van der Waals surface area contributed by atoms with Crippen LogP contribution in [0.5, 0.6) is 0 Å². The van der Waals surface area contributed by atoms with Gasteiger partial charge in [0.2, 0.25) is 10.0 Å². The summed E-state index contributed by atoms with van der Waals surface area (Å²) in [7, 11) is -7.64. The Morgan fingerprint density at radius 2 is 1.46 bits per heavy atom. The summed E-state index contributed by atoms with van der Waals surface area (Å²) in [5.74, 6) is -0.416. The van der Waals surface area contributed by atoms with Crippen LogP contribution in [0.15, 0.2) is 82.7 Å². The van der Waals surface area contributed by atoms with Crippen molar-refractivity contribution in [3.05, 3.63) is 78.6 Å². The first-order valence-corrected chi connectivity index (χ1v) is 14.0. The van der Waals surface area contributed by atoms with Crippen molar-refractivity contribution in [1.29, 1.82) is 0 Å².